The highest BCUT2D eigenvalue weighted by molar-refractivity contribution is 7.86. The number of benzene rings is 1. The quantitative estimate of drug-likeness (QED) is 0.419. The van der Waals surface area contributed by atoms with Crippen molar-refractivity contribution in [3.05, 3.63) is 23.8 Å². The van der Waals surface area contributed by atoms with Crippen LogP contribution in [0.4, 0.5) is 0 Å². The number of nitrogens with zero attached hydrogens (tertiary/aromatic N) is 1. The summed E-state index contributed by atoms with van der Waals surface area (Å²) in [6.45, 7) is 4.37. The molecule has 1 aliphatic rings. The van der Waals surface area contributed by atoms with Crippen molar-refractivity contribution < 1.29 is 27.0 Å². The van der Waals surface area contributed by atoms with Gasteiger partial charge in [-0.05, 0) is 37.1 Å². The van der Waals surface area contributed by atoms with E-state index in [4.69, 9.17) is 9.02 Å². The Hall–Kier alpha value is -1.93. The number of carbonyl (C=O) groups is 2. The first kappa shape index (κ1) is 21.4. The van der Waals surface area contributed by atoms with Crippen LogP contribution in [0.25, 0.3) is 0 Å². The van der Waals surface area contributed by atoms with E-state index in [0.29, 0.717) is 23.0 Å². The number of rotatable bonds is 11. The maximum absolute atomic E-state index is 12.4. The normalized spacial score (nSPS) is 14.8. The Morgan fingerprint density at radius 1 is 1.00 bits per heavy atom. The van der Waals surface area contributed by atoms with E-state index in [0.717, 1.165) is 12.8 Å². The monoisotopic (exact) mass is 397 g/mol. The van der Waals surface area contributed by atoms with E-state index in [1.807, 2.05) is 0 Å². The van der Waals surface area contributed by atoms with Crippen LogP contribution >= 0.6 is 0 Å². The molecule has 0 saturated carbocycles. The summed E-state index contributed by atoms with van der Waals surface area (Å²) < 4.78 is 35.2. The summed E-state index contributed by atoms with van der Waals surface area (Å²) >= 11 is 0. The summed E-state index contributed by atoms with van der Waals surface area (Å²) in [5.41, 5.74) is 0.426. The van der Waals surface area contributed by atoms with Gasteiger partial charge in [0.2, 0.25) is 0 Å². The molecule has 0 N–H and O–H groups in total. The van der Waals surface area contributed by atoms with Crippen LogP contribution in [0.5, 0.6) is 5.75 Å². The number of hydrogen-bond acceptors (Lipinski definition) is 6. The van der Waals surface area contributed by atoms with Gasteiger partial charge in [-0.25, -0.2) is 0 Å². The van der Waals surface area contributed by atoms with Crippen LogP contribution < -0.4 is 4.74 Å². The van der Waals surface area contributed by atoms with Crippen LogP contribution in [0.2, 0.25) is 0 Å². The fourth-order valence-corrected chi connectivity index (χ4v) is 3.97. The smallest absolute Gasteiger partial charge is 0.318 e. The number of aryl methyl sites for hydroxylation is 1. The molecule has 8 heteroatoms. The summed E-state index contributed by atoms with van der Waals surface area (Å²) in [4.78, 5) is 23.0. The van der Waals surface area contributed by atoms with E-state index in [-0.39, 0.29) is 17.7 Å². The molecule has 0 atom stereocenters. The van der Waals surface area contributed by atoms with Crippen molar-refractivity contribution in [2.75, 3.05) is 6.61 Å². The second-order valence-electron chi connectivity index (χ2n) is 6.65. The van der Waals surface area contributed by atoms with Gasteiger partial charge in [0.05, 0.1) is 11.5 Å². The largest absolute Gasteiger partial charge is 0.494 e. The van der Waals surface area contributed by atoms with Crippen molar-refractivity contribution in [1.29, 1.82) is 0 Å². The van der Waals surface area contributed by atoms with Crippen LogP contribution in [0.15, 0.2) is 23.1 Å². The average molecular weight is 397 g/mol. The van der Waals surface area contributed by atoms with Crippen LogP contribution in [-0.2, 0) is 24.0 Å². The molecule has 2 rings (SSSR count). The minimum atomic E-state index is -4.27. The van der Waals surface area contributed by atoms with Crippen molar-refractivity contribution in [3.63, 3.8) is 0 Å². The van der Waals surface area contributed by atoms with E-state index in [9.17, 15) is 18.0 Å². The summed E-state index contributed by atoms with van der Waals surface area (Å²) in [6.07, 6.45) is 6.88. The molecule has 0 spiro atoms. The summed E-state index contributed by atoms with van der Waals surface area (Å²) in [6, 6.07) is 4.53. The Morgan fingerprint density at radius 2 is 1.63 bits per heavy atom. The van der Waals surface area contributed by atoms with Gasteiger partial charge in [0.15, 0.2) is 0 Å². The molecule has 1 fully saturated rings. The van der Waals surface area contributed by atoms with Crippen LogP contribution in [0.3, 0.4) is 0 Å². The highest BCUT2D eigenvalue weighted by Crippen LogP contribution is 2.25. The molecule has 0 aliphatic carbocycles. The van der Waals surface area contributed by atoms with E-state index in [1.54, 1.807) is 19.1 Å². The zero-order chi connectivity index (χ0) is 19.9. The molecule has 0 radical (unpaired) electrons. The van der Waals surface area contributed by atoms with Gasteiger partial charge in [0, 0.05) is 12.8 Å². The Bertz CT molecular complexity index is 758. The minimum Gasteiger partial charge on any atom is -0.494 e. The Labute approximate surface area is 160 Å². The lowest BCUT2D eigenvalue weighted by molar-refractivity contribution is -0.163. The summed E-state index contributed by atoms with van der Waals surface area (Å²) in [5.74, 6) is -0.728. The van der Waals surface area contributed by atoms with Crippen molar-refractivity contribution in [2.45, 2.75) is 70.1 Å². The van der Waals surface area contributed by atoms with Crippen molar-refractivity contribution in [3.8, 4) is 5.75 Å². The lowest BCUT2D eigenvalue weighted by Crippen LogP contribution is -2.32. The molecular weight excluding hydrogens is 370 g/mol. The van der Waals surface area contributed by atoms with Crippen LogP contribution in [0.1, 0.15) is 63.9 Å². The fraction of sp³-hybridized carbons (Fsp3) is 0.579. The number of hydroxylamine groups is 2. The average Bonchev–Trinajstić information content (AvgIpc) is 2.92. The Morgan fingerprint density at radius 3 is 2.26 bits per heavy atom. The molecule has 1 aliphatic heterocycles. The molecule has 1 aromatic rings. The minimum absolute atomic E-state index is 0.0431. The maximum Gasteiger partial charge on any atom is 0.318 e. The second-order valence-corrected chi connectivity index (χ2v) is 8.15. The number of hydrogen-bond donors (Lipinski definition) is 0. The third kappa shape index (κ3) is 6.04. The number of ether oxygens (including phenoxy) is 1. The van der Waals surface area contributed by atoms with Gasteiger partial charge in [-0.1, -0.05) is 39.0 Å². The molecule has 0 unspecified atom stereocenters. The van der Waals surface area contributed by atoms with E-state index in [2.05, 4.69) is 6.92 Å². The summed E-state index contributed by atoms with van der Waals surface area (Å²) in [5, 5.41) is 0.331. The van der Waals surface area contributed by atoms with Crippen molar-refractivity contribution in [1.82, 2.24) is 5.06 Å². The summed E-state index contributed by atoms with van der Waals surface area (Å²) in [7, 11) is -4.27. The third-order valence-corrected chi connectivity index (χ3v) is 5.70. The SMILES string of the molecule is CCCCCCCCOc1ccc(S(=O)(=O)ON2C(=O)CCC2=O)c(C)c1. The molecule has 2 amide bonds. The first-order valence-corrected chi connectivity index (χ1v) is 10.8. The number of amides is 2. The molecule has 1 heterocycles. The molecule has 1 aromatic carbocycles. The first-order chi connectivity index (χ1) is 12.8. The number of unbranched alkanes of at least 4 members (excludes halogenated alkanes) is 5. The zero-order valence-corrected chi connectivity index (χ0v) is 16.7. The lowest BCUT2D eigenvalue weighted by atomic mass is 10.1. The first-order valence-electron chi connectivity index (χ1n) is 9.39. The molecule has 0 aromatic heterocycles. The predicted molar refractivity (Wildman–Crippen MR) is 99.4 cm³/mol. The van der Waals surface area contributed by atoms with Gasteiger partial charge in [-0.15, -0.1) is 9.35 Å². The van der Waals surface area contributed by atoms with Gasteiger partial charge in [-0.3, -0.25) is 9.59 Å². The molecular formula is C19H27NO6S. The zero-order valence-electron chi connectivity index (χ0n) is 15.9. The Kier molecular flexibility index (Phi) is 7.79. The van der Waals surface area contributed by atoms with Gasteiger partial charge in [-0.2, -0.15) is 8.42 Å². The standard InChI is InChI=1S/C19H27NO6S/c1-3-4-5-6-7-8-13-25-16-9-10-17(15(2)14-16)27(23,24)26-20-18(21)11-12-19(20)22/h9-10,14H,3-8,11-13H2,1-2H3. The topological polar surface area (TPSA) is 90.0 Å². The Balaban J connectivity index is 1.91. The predicted octanol–water partition coefficient (Wildman–Crippen LogP) is 3.50. The van der Waals surface area contributed by atoms with Crippen LogP contribution in [0, 0.1) is 6.92 Å². The van der Waals surface area contributed by atoms with Crippen molar-refractivity contribution >= 4 is 21.9 Å². The van der Waals surface area contributed by atoms with Gasteiger partial charge in [0.25, 0.3) is 11.8 Å². The van der Waals surface area contributed by atoms with E-state index < -0.39 is 21.9 Å². The highest BCUT2D eigenvalue weighted by Gasteiger charge is 2.35. The molecule has 0 bridgehead atoms. The van der Waals surface area contributed by atoms with Crippen LogP contribution in [-0.4, -0.2) is 31.9 Å². The third-order valence-electron chi connectivity index (χ3n) is 4.36. The molecule has 150 valence electrons. The van der Waals surface area contributed by atoms with Crippen molar-refractivity contribution in [2.24, 2.45) is 0 Å². The van der Waals surface area contributed by atoms with Gasteiger partial charge >= 0.3 is 10.1 Å². The van der Waals surface area contributed by atoms with E-state index >= 15 is 0 Å². The van der Waals surface area contributed by atoms with Gasteiger partial charge in [0.1, 0.15) is 5.75 Å². The number of imide groups is 1. The van der Waals surface area contributed by atoms with E-state index in [1.165, 1.54) is 31.7 Å². The molecule has 1 saturated heterocycles. The maximum atomic E-state index is 12.4. The fourth-order valence-electron chi connectivity index (χ4n) is 2.84. The molecule has 27 heavy (non-hydrogen) atoms. The number of carbonyl (C=O) groups excluding carboxylic acids is 2. The molecule has 7 nitrogen and oxygen atoms in total. The second kappa shape index (κ2) is 9.85. The highest BCUT2D eigenvalue weighted by atomic mass is 32.2. The lowest BCUT2D eigenvalue weighted by Gasteiger charge is -2.15. The van der Waals surface area contributed by atoms with Gasteiger partial charge < -0.3 is 4.74 Å².